The van der Waals surface area contributed by atoms with Crippen LogP contribution < -0.4 is 10.8 Å². The molecule has 0 fully saturated rings. The number of halogens is 1. The Kier molecular flexibility index (Phi) is 6.50. The third-order valence-corrected chi connectivity index (χ3v) is 22.1. The second kappa shape index (κ2) is 12.3. The monoisotopic (exact) mass is 940 g/mol. The van der Waals surface area contributed by atoms with Gasteiger partial charge in [-0.1, -0.05) is 0 Å². The van der Waals surface area contributed by atoms with Gasteiger partial charge in [-0.3, -0.25) is 0 Å². The molecule has 6 aliphatic rings. The van der Waals surface area contributed by atoms with Crippen LogP contribution in [0.4, 0.5) is 10.2 Å². The van der Waals surface area contributed by atoms with Crippen molar-refractivity contribution in [1.29, 1.82) is 0 Å². The van der Waals surface area contributed by atoms with E-state index in [0.29, 0.717) is 0 Å². The fraction of sp³-hybridized carbons (Fsp3) is 0.0312. The number of amidine groups is 2. The van der Waals surface area contributed by atoms with Crippen molar-refractivity contribution in [1.82, 2.24) is 8.68 Å². The summed E-state index contributed by atoms with van der Waals surface area (Å²) in [5.74, 6) is 2.41. The Morgan fingerprint density at radius 2 is 1.00 bits per heavy atom. The van der Waals surface area contributed by atoms with Gasteiger partial charge in [0.25, 0.3) is 0 Å². The molecule has 0 saturated heterocycles. The van der Waals surface area contributed by atoms with Crippen molar-refractivity contribution in [2.45, 2.75) is 6.92 Å². The summed E-state index contributed by atoms with van der Waals surface area (Å²) in [7, 11) is -4.45. The van der Waals surface area contributed by atoms with Crippen LogP contribution in [-0.2, 0) is 0 Å². The van der Waals surface area contributed by atoms with Gasteiger partial charge in [0.15, 0.2) is 0 Å². The summed E-state index contributed by atoms with van der Waals surface area (Å²) in [6.07, 6.45) is 0. The summed E-state index contributed by atoms with van der Waals surface area (Å²) >= 11 is 0. The Morgan fingerprint density at radius 1 is 0.458 bits per heavy atom. The molecule has 8 heterocycles. The third kappa shape index (κ3) is 4.13. The third-order valence-electron chi connectivity index (χ3n) is 16.8. The SMILES string of the molecule is Cc1cccc(C2=c3c4cc5ccccc5cc4c4n3P35(C)n6c(c7cc8ccccc8cc7c6C(c6cccc(F)c6)=C6c7cc8ccccc8cc7C2=[N+]63)N=C2c3cc6ccccc6cc3C(=[N+]25)N=4)c1. The van der Waals surface area contributed by atoms with E-state index in [1.165, 1.54) is 16.3 Å². The predicted molar refractivity (Wildman–Crippen MR) is 292 cm³/mol. The van der Waals surface area contributed by atoms with Gasteiger partial charge in [-0.25, -0.2) is 0 Å². The van der Waals surface area contributed by atoms with Gasteiger partial charge in [0.1, 0.15) is 0 Å². The maximum atomic E-state index is 16.3. The van der Waals surface area contributed by atoms with Crippen LogP contribution in [0.1, 0.15) is 44.6 Å². The number of hydrogen-bond donors (Lipinski definition) is 0. The van der Waals surface area contributed by atoms with E-state index in [4.69, 9.17) is 9.98 Å². The molecule has 8 heteroatoms. The van der Waals surface area contributed by atoms with Gasteiger partial charge in [0, 0.05) is 0 Å². The van der Waals surface area contributed by atoms with Crippen molar-refractivity contribution in [2.24, 2.45) is 9.98 Å². The summed E-state index contributed by atoms with van der Waals surface area (Å²) in [6, 6.07) is 70.2. The normalized spacial score (nSPS) is 17.4. The molecule has 0 saturated carbocycles. The Bertz CT molecular complexity index is 5040. The first-order valence-corrected chi connectivity index (χ1v) is 27.2. The molecule has 0 atom stereocenters. The van der Waals surface area contributed by atoms with Gasteiger partial charge >= 0.3 is 413 Å². The van der Waals surface area contributed by atoms with E-state index >= 15 is 4.39 Å². The summed E-state index contributed by atoms with van der Waals surface area (Å²) in [5.41, 5.74) is 13.8. The molecule has 0 N–H and O–H groups in total. The van der Waals surface area contributed by atoms with E-state index in [1.807, 2.05) is 6.07 Å². The fourth-order valence-electron chi connectivity index (χ4n) is 14.0. The predicted octanol–water partition coefficient (Wildman–Crippen LogP) is 13.4. The standard InChI is InChI=1S/C64H38FN6P/c1-35-13-11-22-44(25-35)55-57-47-27-36-14-3-4-15-37(36)28-48(47)58-56(45-23-12-24-46(65)26-45)60-50-30-39-17-6-8-19-41(39)32-52(50)62-67-64-54-34-43-21-10-9-20-42(43)33-53(54)63-66-61-51-31-40-18-7-5-16-38(40)29-49(51)59(55)69(61)72(2,68(57)58,70(60)62)71(63)64/h3-34H,1-2H3/q+2. The summed E-state index contributed by atoms with van der Waals surface area (Å²) in [5, 5.41) is 14.8. The number of benzene rings is 10. The van der Waals surface area contributed by atoms with E-state index in [2.05, 4.69) is 207 Å². The van der Waals surface area contributed by atoms with Crippen LogP contribution >= 0.6 is 7.21 Å². The van der Waals surface area contributed by atoms with Crippen LogP contribution in [0.2, 0.25) is 0 Å². The van der Waals surface area contributed by atoms with Gasteiger partial charge in [-0.2, -0.15) is 0 Å². The molecule has 18 rings (SSSR count). The van der Waals surface area contributed by atoms with E-state index < -0.39 is 7.21 Å². The molecule has 0 radical (unpaired) electrons. The van der Waals surface area contributed by atoms with Gasteiger partial charge in [0.2, 0.25) is 0 Å². The molecule has 6 aliphatic heterocycles. The number of fused-ring (bicyclic) bond motifs is 16. The molecule has 0 unspecified atom stereocenters. The Balaban J connectivity index is 1.20. The quantitative estimate of drug-likeness (QED) is 0.155. The van der Waals surface area contributed by atoms with Crippen molar-refractivity contribution in [3.63, 3.8) is 0 Å². The van der Waals surface area contributed by atoms with Crippen molar-refractivity contribution >= 4 is 112 Å². The van der Waals surface area contributed by atoms with E-state index in [-0.39, 0.29) is 5.82 Å². The molecular weight excluding hydrogens is 903 g/mol. The topological polar surface area (TPSA) is 40.6 Å². The molecule has 2 aromatic heterocycles. The first-order valence-electron chi connectivity index (χ1n) is 24.7. The molecule has 0 bridgehead atoms. The van der Waals surface area contributed by atoms with Gasteiger partial charge in [-0.15, -0.1) is 0 Å². The van der Waals surface area contributed by atoms with Crippen LogP contribution in [0.3, 0.4) is 0 Å². The van der Waals surface area contributed by atoms with Crippen molar-refractivity contribution in [2.75, 3.05) is 6.66 Å². The van der Waals surface area contributed by atoms with E-state index in [9.17, 15) is 0 Å². The minimum atomic E-state index is -4.45. The number of rotatable bonds is 2. The fourth-order valence-corrected chi connectivity index (χ4v) is 20.2. The number of aliphatic imine (C=N–C) groups is 1. The Labute approximate surface area is 410 Å². The number of aromatic nitrogens is 2. The molecule has 1 spiro atoms. The molecular formula is C64H38FN6P+2. The van der Waals surface area contributed by atoms with Crippen molar-refractivity contribution in [3.8, 4) is 0 Å². The average Bonchev–Trinajstić information content (AvgIpc) is 4.17. The van der Waals surface area contributed by atoms with Gasteiger partial charge in [-0.05, 0) is 0 Å². The molecule has 0 aliphatic carbocycles. The minimum absolute atomic E-state index is 0.280. The Morgan fingerprint density at radius 3 is 1.64 bits per heavy atom. The molecule has 12 aromatic rings. The molecule has 10 aromatic carbocycles. The summed E-state index contributed by atoms with van der Waals surface area (Å²) < 4.78 is 27.1. The van der Waals surface area contributed by atoms with Crippen LogP contribution in [0.25, 0.3) is 81.5 Å². The number of aryl methyl sites for hydroxylation is 1. The molecule has 0 amide bonds. The first-order chi connectivity index (χ1) is 35.3. The van der Waals surface area contributed by atoms with Gasteiger partial charge < -0.3 is 0 Å². The zero-order chi connectivity index (χ0) is 47.1. The summed E-state index contributed by atoms with van der Waals surface area (Å²) in [6.45, 7) is 4.76. The van der Waals surface area contributed by atoms with Crippen LogP contribution in [0.15, 0.2) is 204 Å². The second-order valence-electron chi connectivity index (χ2n) is 20.6. The number of nitrogens with zero attached hydrogens (tertiary/aromatic N) is 6. The van der Waals surface area contributed by atoms with Crippen molar-refractivity contribution in [3.05, 3.63) is 255 Å². The first kappa shape index (κ1) is 37.9. The van der Waals surface area contributed by atoms with Gasteiger partial charge in [0.05, 0.1) is 0 Å². The number of hydrogen-bond acceptors (Lipinski definition) is 2. The molecule has 6 nitrogen and oxygen atoms in total. The molecule has 334 valence electrons. The second-order valence-corrected chi connectivity index (χ2v) is 24.9. The zero-order valence-corrected chi connectivity index (χ0v) is 39.9. The Hall–Kier alpha value is -8.90. The average molecular weight is 941 g/mol. The summed E-state index contributed by atoms with van der Waals surface area (Å²) in [4.78, 5) is 12.1. The van der Waals surface area contributed by atoms with Crippen molar-refractivity contribution < 1.29 is 13.1 Å². The van der Waals surface area contributed by atoms with E-state index in [0.717, 1.165) is 144 Å². The molecule has 72 heavy (non-hydrogen) atoms. The maximum absolute atomic E-state index is 16.3. The van der Waals surface area contributed by atoms with E-state index in [1.54, 1.807) is 12.1 Å². The van der Waals surface area contributed by atoms with Crippen LogP contribution in [-0.4, -0.2) is 41.4 Å². The zero-order valence-electron chi connectivity index (χ0n) is 39.0. The van der Waals surface area contributed by atoms with Crippen LogP contribution in [0.5, 0.6) is 0 Å². The van der Waals surface area contributed by atoms with Crippen LogP contribution in [0, 0.1) is 12.7 Å².